The molecule has 1 heterocycles. The van der Waals surface area contributed by atoms with E-state index in [1.165, 1.54) is 10.4 Å². The molecule has 2 aromatic rings. The van der Waals surface area contributed by atoms with Crippen molar-refractivity contribution in [1.82, 2.24) is 4.90 Å². The summed E-state index contributed by atoms with van der Waals surface area (Å²) >= 11 is 3.23. The number of fused-ring (bicyclic) bond motifs is 5. The standard InChI is InChI=1S/C27H32BrNO4Si/c1-27(2,3)34(20-10-6-4-7-11-20,21-12-8-5-9-13-21)33-23-15-18-14-22(23)24-25(18)32-26(31)29(24)17-19(30)16-28/h4-13,18,22-25H,14-17H2,1-3H3/t18-,22+,23-,24-,25+/m1/s1. The molecule has 1 saturated heterocycles. The Bertz CT molecular complexity index is 1020. The maximum absolute atomic E-state index is 12.7. The molecule has 2 aromatic carbocycles. The Morgan fingerprint density at radius 1 is 1.06 bits per heavy atom. The average Bonchev–Trinajstić information content (AvgIpc) is 3.49. The predicted molar refractivity (Wildman–Crippen MR) is 138 cm³/mol. The zero-order valence-corrected chi connectivity index (χ0v) is 22.5. The number of alkyl halides is 1. The monoisotopic (exact) mass is 541 g/mol. The summed E-state index contributed by atoms with van der Waals surface area (Å²) in [5.41, 5.74) is 0. The number of carbonyl (C=O) groups is 2. The predicted octanol–water partition coefficient (Wildman–Crippen LogP) is 4.12. The Labute approximate surface area is 211 Å². The summed E-state index contributed by atoms with van der Waals surface area (Å²) in [6, 6.07) is 21.3. The van der Waals surface area contributed by atoms with Crippen LogP contribution in [0.25, 0.3) is 0 Å². The molecule has 1 aliphatic heterocycles. The molecule has 0 unspecified atom stereocenters. The maximum Gasteiger partial charge on any atom is 0.410 e. The topological polar surface area (TPSA) is 55.8 Å². The molecule has 0 spiro atoms. The lowest BCUT2D eigenvalue weighted by atomic mass is 9.90. The molecular weight excluding hydrogens is 510 g/mol. The van der Waals surface area contributed by atoms with Gasteiger partial charge in [-0.15, -0.1) is 0 Å². The number of carbonyl (C=O) groups excluding carboxylic acids is 2. The van der Waals surface area contributed by atoms with E-state index in [0.29, 0.717) is 0 Å². The Morgan fingerprint density at radius 2 is 1.65 bits per heavy atom. The van der Waals surface area contributed by atoms with Crippen molar-refractivity contribution >= 4 is 46.5 Å². The second-order valence-electron chi connectivity index (χ2n) is 10.9. The Morgan fingerprint density at radius 3 is 2.18 bits per heavy atom. The van der Waals surface area contributed by atoms with Gasteiger partial charge in [0.05, 0.1) is 24.0 Å². The fourth-order valence-electron chi connectivity index (χ4n) is 6.56. The molecular formula is C27H32BrNO4Si. The SMILES string of the molecule is CC(C)(C)[Si](O[C@@H]1C[C@H]2C[C@@H]1[C@@H]1[C@H]2OC(=O)N1CC(=O)CBr)(c1ccccc1)c1ccccc1. The zero-order chi connectivity index (χ0) is 24.1. The van der Waals surface area contributed by atoms with Crippen molar-refractivity contribution in [2.45, 2.75) is 56.9 Å². The minimum absolute atomic E-state index is 0.00942. The molecule has 0 aromatic heterocycles. The maximum atomic E-state index is 12.7. The highest BCUT2D eigenvalue weighted by Crippen LogP contribution is 2.53. The Balaban J connectivity index is 1.53. The zero-order valence-electron chi connectivity index (χ0n) is 19.9. The summed E-state index contributed by atoms with van der Waals surface area (Å²) < 4.78 is 13.2. The molecule has 5 atom stereocenters. The van der Waals surface area contributed by atoms with Crippen molar-refractivity contribution in [1.29, 1.82) is 0 Å². The number of Topliss-reactive ketones (excluding diaryl/α,β-unsaturated/α-hetero) is 1. The Kier molecular flexibility index (Phi) is 6.23. The number of nitrogens with zero attached hydrogens (tertiary/aromatic N) is 1. The van der Waals surface area contributed by atoms with Crippen LogP contribution < -0.4 is 10.4 Å². The minimum Gasteiger partial charge on any atom is -0.444 e. The van der Waals surface area contributed by atoms with Gasteiger partial charge < -0.3 is 9.16 Å². The summed E-state index contributed by atoms with van der Waals surface area (Å²) in [5.74, 6) is 0.447. The fraction of sp³-hybridized carbons (Fsp3) is 0.481. The third-order valence-corrected chi connectivity index (χ3v) is 13.6. The number of ether oxygens (including phenoxy) is 1. The van der Waals surface area contributed by atoms with Gasteiger partial charge in [0.25, 0.3) is 8.32 Å². The van der Waals surface area contributed by atoms with Gasteiger partial charge >= 0.3 is 6.09 Å². The van der Waals surface area contributed by atoms with Crippen LogP contribution in [-0.2, 0) is 14.0 Å². The van der Waals surface area contributed by atoms with Crippen LogP contribution in [0, 0.1) is 11.8 Å². The van der Waals surface area contributed by atoms with E-state index in [9.17, 15) is 9.59 Å². The summed E-state index contributed by atoms with van der Waals surface area (Å²) in [5, 5.41) is 2.66. The van der Waals surface area contributed by atoms with Gasteiger partial charge in [0.1, 0.15) is 6.10 Å². The molecule has 180 valence electrons. The van der Waals surface area contributed by atoms with Crippen LogP contribution in [0.4, 0.5) is 4.79 Å². The average molecular weight is 543 g/mol. The highest BCUT2D eigenvalue weighted by atomic mass is 79.9. The van der Waals surface area contributed by atoms with Crippen LogP contribution in [0.5, 0.6) is 0 Å². The molecule has 7 heteroatoms. The molecule has 1 amide bonds. The fourth-order valence-corrected chi connectivity index (χ4v) is 11.5. The Hall–Kier alpha value is -1.96. The number of ketones is 1. The lowest BCUT2D eigenvalue weighted by Gasteiger charge is -2.47. The van der Waals surface area contributed by atoms with Crippen LogP contribution in [0.3, 0.4) is 0 Å². The molecule has 0 radical (unpaired) electrons. The van der Waals surface area contributed by atoms with Crippen molar-refractivity contribution in [3.63, 3.8) is 0 Å². The third-order valence-electron chi connectivity index (χ3n) is 7.90. The van der Waals surface area contributed by atoms with Crippen molar-refractivity contribution in [3.8, 4) is 0 Å². The van der Waals surface area contributed by atoms with Gasteiger partial charge in [-0.3, -0.25) is 9.69 Å². The molecule has 34 heavy (non-hydrogen) atoms. The first-order valence-electron chi connectivity index (χ1n) is 12.1. The van der Waals surface area contributed by atoms with Crippen LogP contribution >= 0.6 is 15.9 Å². The lowest BCUT2D eigenvalue weighted by Crippen LogP contribution is -2.68. The molecule has 5 nitrogen and oxygen atoms in total. The molecule has 3 aliphatic rings. The van der Waals surface area contributed by atoms with E-state index in [2.05, 4.69) is 97.4 Å². The van der Waals surface area contributed by atoms with Crippen LogP contribution in [0.2, 0.25) is 5.04 Å². The lowest BCUT2D eigenvalue weighted by molar-refractivity contribution is -0.117. The summed E-state index contributed by atoms with van der Waals surface area (Å²) in [6.07, 6.45) is 1.41. The first-order valence-corrected chi connectivity index (χ1v) is 15.1. The van der Waals surface area contributed by atoms with E-state index in [-0.39, 0.29) is 58.9 Å². The van der Waals surface area contributed by atoms with E-state index in [1.807, 2.05) is 0 Å². The number of halogens is 1. The highest BCUT2D eigenvalue weighted by Gasteiger charge is 2.64. The van der Waals surface area contributed by atoms with Crippen molar-refractivity contribution < 1.29 is 18.8 Å². The van der Waals surface area contributed by atoms with Gasteiger partial charge in [-0.1, -0.05) is 97.4 Å². The molecule has 5 rings (SSSR count). The third kappa shape index (κ3) is 3.76. The van der Waals surface area contributed by atoms with Crippen LogP contribution in [-0.4, -0.2) is 55.2 Å². The van der Waals surface area contributed by atoms with E-state index < -0.39 is 8.32 Å². The number of amides is 1. The number of hydrogen-bond acceptors (Lipinski definition) is 4. The van der Waals surface area contributed by atoms with Crippen molar-refractivity contribution in [2.24, 2.45) is 11.8 Å². The van der Waals surface area contributed by atoms with Gasteiger partial charge in [0.2, 0.25) is 0 Å². The smallest absolute Gasteiger partial charge is 0.410 e. The molecule has 2 bridgehead atoms. The van der Waals surface area contributed by atoms with Crippen molar-refractivity contribution in [3.05, 3.63) is 60.7 Å². The van der Waals surface area contributed by atoms with Crippen LogP contribution in [0.15, 0.2) is 60.7 Å². The quantitative estimate of drug-likeness (QED) is 0.390. The van der Waals surface area contributed by atoms with Gasteiger partial charge in [-0.25, -0.2) is 4.79 Å². The second-order valence-corrected chi connectivity index (χ2v) is 15.7. The van der Waals surface area contributed by atoms with Gasteiger partial charge in [0.15, 0.2) is 5.78 Å². The summed E-state index contributed by atoms with van der Waals surface area (Å²) in [4.78, 5) is 26.5. The molecule has 3 fully saturated rings. The summed E-state index contributed by atoms with van der Waals surface area (Å²) in [7, 11) is -2.69. The second kappa shape index (κ2) is 8.92. The molecule has 2 aliphatic carbocycles. The normalized spacial score (nSPS) is 28.2. The van der Waals surface area contributed by atoms with Gasteiger partial charge in [-0.2, -0.15) is 0 Å². The summed E-state index contributed by atoms with van der Waals surface area (Å²) in [6.45, 7) is 6.97. The first-order chi connectivity index (χ1) is 16.3. The van der Waals surface area contributed by atoms with Crippen molar-refractivity contribution in [2.75, 3.05) is 11.9 Å². The number of hydrogen-bond donors (Lipinski definition) is 0. The van der Waals surface area contributed by atoms with Gasteiger partial charge in [0, 0.05) is 11.8 Å². The number of rotatable bonds is 7. The van der Waals surface area contributed by atoms with Crippen LogP contribution in [0.1, 0.15) is 33.6 Å². The largest absolute Gasteiger partial charge is 0.444 e. The van der Waals surface area contributed by atoms with E-state index in [4.69, 9.17) is 9.16 Å². The number of benzene rings is 2. The first kappa shape index (κ1) is 23.8. The van der Waals surface area contributed by atoms with E-state index >= 15 is 0 Å². The highest BCUT2D eigenvalue weighted by molar-refractivity contribution is 9.09. The van der Waals surface area contributed by atoms with E-state index in [0.717, 1.165) is 12.8 Å². The molecule has 0 N–H and O–H groups in total. The van der Waals surface area contributed by atoms with Gasteiger partial charge in [-0.05, 0) is 28.3 Å². The van der Waals surface area contributed by atoms with E-state index in [1.54, 1.807) is 4.90 Å². The molecule has 2 saturated carbocycles. The minimum atomic E-state index is -2.69.